The number of rotatable bonds is 7. The third kappa shape index (κ3) is 3.27. The van der Waals surface area contributed by atoms with Crippen molar-refractivity contribution in [1.29, 1.82) is 0 Å². The first kappa shape index (κ1) is 19.4. The van der Waals surface area contributed by atoms with Crippen LogP contribution in [0.2, 0.25) is 0 Å². The molecule has 0 saturated carbocycles. The Morgan fingerprint density at radius 1 is 1.00 bits per heavy atom. The van der Waals surface area contributed by atoms with Gasteiger partial charge in [-0.25, -0.2) is 9.59 Å². The number of carboxylic acids is 2. The molecule has 0 aliphatic rings. The fourth-order valence-corrected chi connectivity index (χ4v) is 3.30. The van der Waals surface area contributed by atoms with Gasteiger partial charge in [0, 0.05) is 6.54 Å². The Bertz CT molecular complexity index is 828. The highest BCUT2D eigenvalue weighted by Crippen LogP contribution is 2.35. The number of carbonyl (C=O) groups excluding carboxylic acids is 1. The Hall–Kier alpha value is -2.89. The number of nitrogens with zero attached hydrogens (tertiary/aromatic N) is 1. The molecule has 2 N–H and O–H groups in total. The van der Waals surface area contributed by atoms with Gasteiger partial charge in [0.2, 0.25) is 11.9 Å². The molecule has 2 aromatic rings. The van der Waals surface area contributed by atoms with Crippen molar-refractivity contribution < 1.29 is 24.6 Å². The van der Waals surface area contributed by atoms with E-state index in [0.717, 1.165) is 21.2 Å². The van der Waals surface area contributed by atoms with E-state index in [4.69, 9.17) is 0 Å². The lowest BCUT2D eigenvalue weighted by Crippen LogP contribution is -2.55. The van der Waals surface area contributed by atoms with Crippen LogP contribution in [0.15, 0.2) is 42.5 Å². The molecule has 0 radical (unpaired) electrons. The number of fused-ring (bicyclic) bond motifs is 1. The minimum absolute atomic E-state index is 0.0115. The second-order valence-corrected chi connectivity index (χ2v) is 6.38. The van der Waals surface area contributed by atoms with Crippen LogP contribution in [0.5, 0.6) is 0 Å². The maximum Gasteiger partial charge on any atom is 0.338 e. The molecule has 1 atom stereocenters. The maximum atomic E-state index is 13.3. The summed E-state index contributed by atoms with van der Waals surface area (Å²) >= 11 is 0. The first-order valence-electron chi connectivity index (χ1n) is 8.52. The predicted octanol–water partition coefficient (Wildman–Crippen LogP) is 2.89. The number of hydrogen-bond donors (Lipinski definition) is 2. The Morgan fingerprint density at radius 2 is 1.58 bits per heavy atom. The molecule has 138 valence electrons. The molecule has 0 aliphatic carbocycles. The van der Waals surface area contributed by atoms with Gasteiger partial charge in [0.1, 0.15) is 0 Å². The molecule has 2 aromatic carbocycles. The third-order valence-corrected chi connectivity index (χ3v) is 4.94. The van der Waals surface area contributed by atoms with Crippen molar-refractivity contribution in [3.63, 3.8) is 0 Å². The number of carboxylic acid groups (broad SMARTS) is 2. The first-order chi connectivity index (χ1) is 12.3. The highest BCUT2D eigenvalue weighted by atomic mass is 16.4. The topological polar surface area (TPSA) is 94.9 Å². The first-order valence-corrected chi connectivity index (χ1v) is 8.52. The molecule has 1 amide bonds. The van der Waals surface area contributed by atoms with Gasteiger partial charge in [-0.05, 0) is 36.6 Å². The van der Waals surface area contributed by atoms with Crippen molar-refractivity contribution in [3.05, 3.63) is 48.0 Å². The van der Waals surface area contributed by atoms with Crippen molar-refractivity contribution >= 4 is 28.6 Å². The van der Waals surface area contributed by atoms with Crippen molar-refractivity contribution in [3.8, 4) is 0 Å². The average Bonchev–Trinajstić information content (AvgIpc) is 2.63. The van der Waals surface area contributed by atoms with Gasteiger partial charge in [0.15, 0.2) is 0 Å². The largest absolute Gasteiger partial charge is 0.479 e. The molecular formula is C20H23NO5. The summed E-state index contributed by atoms with van der Waals surface area (Å²) in [6.45, 7) is 5.14. The molecule has 1 unspecified atom stereocenters. The van der Waals surface area contributed by atoms with Gasteiger partial charge >= 0.3 is 11.9 Å². The number of amides is 1. The second kappa shape index (κ2) is 7.56. The van der Waals surface area contributed by atoms with Crippen LogP contribution < -0.4 is 0 Å². The molecule has 0 fully saturated rings. The van der Waals surface area contributed by atoms with E-state index in [1.165, 1.54) is 0 Å². The zero-order chi connectivity index (χ0) is 19.5. The van der Waals surface area contributed by atoms with Crippen LogP contribution in [-0.2, 0) is 19.8 Å². The summed E-state index contributed by atoms with van der Waals surface area (Å²) in [6.07, 6.45) is 0.405. The number of likely N-dealkylation sites (N-methyl/N-ethyl adjacent to an activating group) is 1. The molecule has 6 heteroatoms. The van der Waals surface area contributed by atoms with E-state index >= 15 is 0 Å². The molecule has 26 heavy (non-hydrogen) atoms. The number of hydrogen-bond acceptors (Lipinski definition) is 3. The van der Waals surface area contributed by atoms with Gasteiger partial charge in [0.25, 0.3) is 0 Å². The van der Waals surface area contributed by atoms with E-state index in [-0.39, 0.29) is 6.54 Å². The summed E-state index contributed by atoms with van der Waals surface area (Å²) in [6, 6.07) is 11.3. The molecule has 0 bridgehead atoms. The van der Waals surface area contributed by atoms with Crippen LogP contribution in [0.4, 0.5) is 0 Å². The quantitative estimate of drug-likeness (QED) is 0.743. The zero-order valence-corrected chi connectivity index (χ0v) is 15.1. The molecule has 0 saturated heterocycles. The summed E-state index contributed by atoms with van der Waals surface area (Å²) in [4.78, 5) is 37.1. The van der Waals surface area contributed by atoms with Crippen LogP contribution in [0.25, 0.3) is 10.8 Å². The van der Waals surface area contributed by atoms with Crippen molar-refractivity contribution in [2.45, 2.75) is 38.6 Å². The molecule has 0 aromatic heterocycles. The molecule has 0 heterocycles. The zero-order valence-electron chi connectivity index (χ0n) is 15.1. The SMILES string of the molecule is CCN(C(=O)C(C)(CC)c1cccc2ccccc12)C(C(=O)O)C(=O)O. The van der Waals surface area contributed by atoms with Crippen molar-refractivity contribution in [1.82, 2.24) is 4.90 Å². The number of benzene rings is 2. The summed E-state index contributed by atoms with van der Waals surface area (Å²) in [5.41, 5.74) is -0.281. The molecule has 0 spiro atoms. The van der Waals surface area contributed by atoms with E-state index in [1.807, 2.05) is 49.4 Å². The number of carbonyl (C=O) groups is 3. The van der Waals surface area contributed by atoms with Crippen LogP contribution in [0.3, 0.4) is 0 Å². The highest BCUT2D eigenvalue weighted by Gasteiger charge is 2.43. The van der Waals surface area contributed by atoms with E-state index < -0.39 is 29.3 Å². The molecule has 0 aliphatic heterocycles. The van der Waals surface area contributed by atoms with Gasteiger partial charge in [-0.15, -0.1) is 0 Å². The standard InChI is InChI=1S/C20H23NO5/c1-4-20(3,15-12-8-10-13-9-6-7-11-14(13)15)19(26)21(5-2)16(17(22)23)18(24)25/h6-12,16H,4-5H2,1-3H3,(H,22,23)(H,24,25). The Labute approximate surface area is 152 Å². The van der Waals surface area contributed by atoms with E-state index in [2.05, 4.69) is 0 Å². The average molecular weight is 357 g/mol. The smallest absolute Gasteiger partial charge is 0.338 e. The van der Waals surface area contributed by atoms with Crippen molar-refractivity contribution in [2.75, 3.05) is 6.54 Å². The van der Waals surface area contributed by atoms with Gasteiger partial charge in [0.05, 0.1) is 5.41 Å². The second-order valence-electron chi connectivity index (χ2n) is 6.38. The molecular weight excluding hydrogens is 334 g/mol. The lowest BCUT2D eigenvalue weighted by atomic mass is 9.76. The van der Waals surface area contributed by atoms with Crippen molar-refractivity contribution in [2.24, 2.45) is 0 Å². The van der Waals surface area contributed by atoms with E-state index in [0.29, 0.717) is 6.42 Å². The summed E-state index contributed by atoms with van der Waals surface area (Å²) < 4.78 is 0. The van der Waals surface area contributed by atoms with Crippen LogP contribution in [0.1, 0.15) is 32.8 Å². The summed E-state index contributed by atoms with van der Waals surface area (Å²) in [7, 11) is 0. The van der Waals surface area contributed by atoms with E-state index in [1.54, 1.807) is 13.8 Å². The van der Waals surface area contributed by atoms with Gasteiger partial charge in [-0.1, -0.05) is 49.4 Å². The fraction of sp³-hybridized carbons (Fsp3) is 0.350. The lowest BCUT2D eigenvalue weighted by molar-refractivity contribution is -0.163. The monoisotopic (exact) mass is 357 g/mol. The number of aliphatic carboxylic acids is 2. The minimum Gasteiger partial charge on any atom is -0.479 e. The van der Waals surface area contributed by atoms with Crippen LogP contribution in [0, 0.1) is 0 Å². The Balaban J connectivity index is 2.61. The summed E-state index contributed by atoms with van der Waals surface area (Å²) in [5.74, 6) is -3.61. The van der Waals surface area contributed by atoms with Crippen LogP contribution >= 0.6 is 0 Å². The fourth-order valence-electron chi connectivity index (χ4n) is 3.30. The maximum absolute atomic E-state index is 13.3. The highest BCUT2D eigenvalue weighted by molar-refractivity contribution is 6.03. The lowest BCUT2D eigenvalue weighted by Gasteiger charge is -2.36. The predicted molar refractivity (Wildman–Crippen MR) is 98.0 cm³/mol. The molecule has 6 nitrogen and oxygen atoms in total. The third-order valence-electron chi connectivity index (χ3n) is 4.94. The summed E-state index contributed by atoms with van der Waals surface area (Å²) in [5, 5.41) is 20.5. The normalized spacial score (nSPS) is 13.4. The van der Waals surface area contributed by atoms with Gasteiger partial charge < -0.3 is 15.1 Å². The molecule has 2 rings (SSSR count). The van der Waals surface area contributed by atoms with Gasteiger partial charge in [-0.2, -0.15) is 0 Å². The van der Waals surface area contributed by atoms with Crippen LogP contribution in [-0.4, -0.2) is 45.5 Å². The van der Waals surface area contributed by atoms with E-state index in [9.17, 15) is 24.6 Å². The van der Waals surface area contributed by atoms with Gasteiger partial charge in [-0.3, -0.25) is 4.79 Å². The Morgan fingerprint density at radius 3 is 2.12 bits per heavy atom. The Kier molecular flexibility index (Phi) is 5.65. The minimum atomic E-state index is -1.91.